The third-order valence-corrected chi connectivity index (χ3v) is 12.4. The van der Waals surface area contributed by atoms with Gasteiger partial charge < -0.3 is 4.42 Å². The lowest BCUT2D eigenvalue weighted by Crippen LogP contribution is -2.15. The second-order valence-electron chi connectivity index (χ2n) is 15.9. The van der Waals surface area contributed by atoms with Gasteiger partial charge in [0.1, 0.15) is 11.3 Å². The monoisotopic (exact) mass is 716 g/mol. The molecule has 0 bridgehead atoms. The molecule has 1 heterocycles. The van der Waals surface area contributed by atoms with E-state index in [9.17, 15) is 0 Å². The van der Waals surface area contributed by atoms with Crippen LogP contribution in [0.25, 0.3) is 98.6 Å². The minimum Gasteiger partial charge on any atom is -0.461 e. The maximum Gasteiger partial charge on any atom is 0.134 e. The van der Waals surface area contributed by atoms with Crippen LogP contribution < -0.4 is 0 Å². The van der Waals surface area contributed by atoms with E-state index in [1.54, 1.807) is 0 Å². The van der Waals surface area contributed by atoms with Crippen LogP contribution in [0.15, 0.2) is 181 Å². The molecule has 0 amide bonds. The lowest BCUT2D eigenvalue weighted by Gasteiger charge is -2.23. The summed E-state index contributed by atoms with van der Waals surface area (Å²) in [7, 11) is 0. The Bertz CT molecular complexity index is 3170. The molecule has 1 aliphatic carbocycles. The van der Waals surface area contributed by atoms with Crippen LogP contribution in [0.1, 0.15) is 37.2 Å². The Morgan fingerprint density at radius 3 is 1.77 bits per heavy atom. The van der Waals surface area contributed by atoms with E-state index < -0.39 is 0 Å². The molecule has 0 spiro atoms. The minimum absolute atomic E-state index is 0.157. The lowest BCUT2D eigenvalue weighted by molar-refractivity contribution is 0.550. The third kappa shape index (κ3) is 4.80. The normalized spacial score (nSPS) is 13.2. The lowest BCUT2D eigenvalue weighted by atomic mass is 9.80. The first-order valence-corrected chi connectivity index (χ1v) is 19.8. The van der Waals surface area contributed by atoms with Gasteiger partial charge in [-0.25, -0.2) is 0 Å². The number of fused-ring (bicyclic) bond motifs is 9. The summed E-state index contributed by atoms with van der Waals surface area (Å²) in [6.45, 7) is 8.65. The van der Waals surface area contributed by atoms with Crippen LogP contribution >= 0.6 is 0 Å². The van der Waals surface area contributed by atoms with Gasteiger partial charge >= 0.3 is 0 Å². The molecule has 56 heavy (non-hydrogen) atoms. The summed E-state index contributed by atoms with van der Waals surface area (Å²) in [5, 5.41) is 11.3. The molecule has 0 saturated carbocycles. The molecule has 0 N–H and O–H groups in total. The minimum atomic E-state index is -0.157. The van der Waals surface area contributed by atoms with Gasteiger partial charge in [-0.05, 0) is 129 Å². The summed E-state index contributed by atoms with van der Waals surface area (Å²) >= 11 is 0. The standard InChI is InChI=1S/C55H40O/c1-4-5-17-38-31-37-30-35-25-29-49-54(48(35)33-51(37)56-38)47-26-24-36(32-50(47)55(49,2)3)39-27-28-46(41-19-10-9-18-40(39)41)53-44-22-13-11-20-42(44)52(34-15-7-6-8-16-34)43-21-12-14-23-45(43)53/h4,6-16,18-33H,1,5,17H2,2-3H3. The van der Waals surface area contributed by atoms with Crippen molar-refractivity contribution in [3.8, 4) is 44.5 Å². The zero-order valence-electron chi connectivity index (χ0n) is 31.7. The molecule has 1 nitrogen and oxygen atoms in total. The fourth-order valence-electron chi connectivity index (χ4n) is 9.79. The van der Waals surface area contributed by atoms with Gasteiger partial charge in [0.2, 0.25) is 0 Å². The first-order valence-electron chi connectivity index (χ1n) is 19.8. The molecule has 0 atom stereocenters. The Morgan fingerprint density at radius 2 is 1.07 bits per heavy atom. The Hall–Kier alpha value is -6.70. The van der Waals surface area contributed by atoms with Crippen molar-refractivity contribution in [2.24, 2.45) is 0 Å². The fourth-order valence-corrected chi connectivity index (χ4v) is 9.79. The SMILES string of the molecule is C=CCCc1cc2cc3ccc4c(c3cc2o1)-c1ccc(-c2ccc(-c3c5ccccc5c(-c5ccccc5)c5ccccc35)c3ccccc23)cc1C4(C)C. The van der Waals surface area contributed by atoms with Crippen molar-refractivity contribution in [1.82, 2.24) is 0 Å². The van der Waals surface area contributed by atoms with Crippen LogP contribution in [-0.4, -0.2) is 0 Å². The van der Waals surface area contributed by atoms with Crippen LogP contribution in [0.5, 0.6) is 0 Å². The van der Waals surface area contributed by atoms with E-state index in [4.69, 9.17) is 4.42 Å². The van der Waals surface area contributed by atoms with E-state index in [1.165, 1.54) is 98.7 Å². The highest BCUT2D eigenvalue weighted by Gasteiger charge is 2.37. The number of benzene rings is 9. The van der Waals surface area contributed by atoms with E-state index in [1.807, 2.05) is 6.08 Å². The molecule has 1 heteroatoms. The molecule has 0 saturated heterocycles. The van der Waals surface area contributed by atoms with Crippen molar-refractivity contribution >= 4 is 54.1 Å². The van der Waals surface area contributed by atoms with Gasteiger partial charge in [-0.1, -0.05) is 159 Å². The molecule has 11 rings (SSSR count). The van der Waals surface area contributed by atoms with Gasteiger partial charge in [0.15, 0.2) is 0 Å². The Balaban J connectivity index is 1.09. The number of allylic oxidation sites excluding steroid dienone is 1. The topological polar surface area (TPSA) is 13.1 Å². The van der Waals surface area contributed by atoms with Crippen molar-refractivity contribution in [3.05, 3.63) is 193 Å². The Labute approximate surface area is 327 Å². The summed E-state index contributed by atoms with van der Waals surface area (Å²) in [6.07, 6.45) is 3.73. The van der Waals surface area contributed by atoms with Gasteiger partial charge in [0, 0.05) is 17.2 Å². The van der Waals surface area contributed by atoms with E-state index in [-0.39, 0.29) is 5.41 Å². The first kappa shape index (κ1) is 32.7. The van der Waals surface area contributed by atoms with Gasteiger partial charge in [0.25, 0.3) is 0 Å². The average molecular weight is 717 g/mol. The van der Waals surface area contributed by atoms with Crippen LogP contribution in [0, 0.1) is 0 Å². The third-order valence-electron chi connectivity index (χ3n) is 12.4. The molecular weight excluding hydrogens is 677 g/mol. The van der Waals surface area contributed by atoms with E-state index >= 15 is 0 Å². The molecule has 1 aliphatic rings. The Morgan fingerprint density at radius 1 is 0.464 bits per heavy atom. The Kier molecular flexibility index (Phi) is 7.25. The molecule has 0 fully saturated rings. The van der Waals surface area contributed by atoms with Gasteiger partial charge in [-0.2, -0.15) is 0 Å². The maximum atomic E-state index is 6.36. The largest absolute Gasteiger partial charge is 0.461 e. The molecule has 0 radical (unpaired) electrons. The summed E-state index contributed by atoms with van der Waals surface area (Å²) in [5.41, 5.74) is 13.7. The van der Waals surface area contributed by atoms with E-state index in [0.29, 0.717) is 0 Å². The molecule has 0 aliphatic heterocycles. The highest BCUT2D eigenvalue weighted by Crippen LogP contribution is 2.53. The van der Waals surface area contributed by atoms with Crippen LogP contribution in [0.3, 0.4) is 0 Å². The number of hydrogen-bond donors (Lipinski definition) is 0. The second kappa shape index (κ2) is 12.4. The van der Waals surface area contributed by atoms with Crippen LogP contribution in [-0.2, 0) is 11.8 Å². The molecular formula is C55H40O. The van der Waals surface area contributed by atoms with E-state index in [2.05, 4.69) is 184 Å². The summed E-state index contributed by atoms with van der Waals surface area (Å²) in [4.78, 5) is 0. The number of rotatable bonds is 6. The smallest absolute Gasteiger partial charge is 0.134 e. The van der Waals surface area contributed by atoms with Crippen molar-refractivity contribution < 1.29 is 4.42 Å². The van der Waals surface area contributed by atoms with Crippen molar-refractivity contribution in [1.29, 1.82) is 0 Å². The zero-order valence-corrected chi connectivity index (χ0v) is 31.7. The number of hydrogen-bond acceptors (Lipinski definition) is 1. The van der Waals surface area contributed by atoms with Gasteiger partial charge in [-0.3, -0.25) is 0 Å². The molecule has 1 aromatic heterocycles. The molecule has 9 aromatic carbocycles. The van der Waals surface area contributed by atoms with Gasteiger partial charge in [-0.15, -0.1) is 6.58 Å². The average Bonchev–Trinajstić information content (AvgIpc) is 3.75. The van der Waals surface area contributed by atoms with Crippen molar-refractivity contribution in [2.45, 2.75) is 32.1 Å². The highest BCUT2D eigenvalue weighted by atomic mass is 16.3. The van der Waals surface area contributed by atoms with Crippen LogP contribution in [0.2, 0.25) is 0 Å². The summed E-state index contributed by atoms with van der Waals surface area (Å²) in [6, 6.07) is 61.0. The maximum absolute atomic E-state index is 6.36. The predicted molar refractivity (Wildman–Crippen MR) is 239 cm³/mol. The van der Waals surface area contributed by atoms with Crippen molar-refractivity contribution in [2.75, 3.05) is 0 Å². The number of furan rings is 1. The quantitative estimate of drug-likeness (QED) is 0.123. The predicted octanol–water partition coefficient (Wildman–Crippen LogP) is 15.5. The van der Waals surface area contributed by atoms with Gasteiger partial charge in [0.05, 0.1) is 0 Å². The first-order chi connectivity index (χ1) is 27.5. The number of aryl methyl sites for hydroxylation is 1. The summed E-state index contributed by atoms with van der Waals surface area (Å²) in [5.74, 6) is 1.01. The highest BCUT2D eigenvalue weighted by molar-refractivity contribution is 6.24. The zero-order chi connectivity index (χ0) is 37.5. The molecule has 10 aromatic rings. The fraction of sp³-hybridized carbons (Fsp3) is 0.0909. The molecule has 0 unspecified atom stereocenters. The van der Waals surface area contributed by atoms with E-state index in [0.717, 1.165) is 29.6 Å². The summed E-state index contributed by atoms with van der Waals surface area (Å²) < 4.78 is 6.36. The second-order valence-corrected chi connectivity index (χ2v) is 15.9. The molecule has 266 valence electrons. The van der Waals surface area contributed by atoms with Crippen molar-refractivity contribution in [3.63, 3.8) is 0 Å². The van der Waals surface area contributed by atoms with Crippen LogP contribution in [0.4, 0.5) is 0 Å².